The smallest absolute Gasteiger partial charge is 0.339 e. The van der Waals surface area contributed by atoms with Gasteiger partial charge in [-0.15, -0.1) is 0 Å². The van der Waals surface area contributed by atoms with Gasteiger partial charge in [0, 0.05) is 5.69 Å². The highest BCUT2D eigenvalue weighted by molar-refractivity contribution is 6.33. The molecule has 0 radical (unpaired) electrons. The van der Waals surface area contributed by atoms with Crippen LogP contribution in [0.2, 0.25) is 5.02 Å². The number of hydrogen-bond donors (Lipinski definition) is 1. The number of esters is 1. The number of carbonyl (C=O) groups is 2. The van der Waals surface area contributed by atoms with E-state index in [4.69, 9.17) is 11.6 Å². The van der Waals surface area contributed by atoms with Gasteiger partial charge in [0.1, 0.15) is 0 Å². The number of methoxy groups -OCH3 is 1. The van der Waals surface area contributed by atoms with E-state index in [1.807, 2.05) is 32.0 Å². The van der Waals surface area contributed by atoms with Crippen LogP contribution in [0.1, 0.15) is 27.0 Å². The van der Waals surface area contributed by atoms with Gasteiger partial charge in [-0.05, 0) is 48.7 Å². The lowest BCUT2D eigenvalue weighted by Crippen LogP contribution is -2.15. The topological polar surface area (TPSA) is 55.4 Å². The first-order valence-corrected chi connectivity index (χ1v) is 7.52. The normalized spacial score (nSPS) is 10.3. The third-order valence-corrected chi connectivity index (χ3v) is 3.92. The van der Waals surface area contributed by atoms with Crippen LogP contribution >= 0.6 is 11.6 Å². The average molecular weight is 332 g/mol. The molecule has 2 aromatic rings. The lowest BCUT2D eigenvalue weighted by atomic mass is 10.0. The zero-order chi connectivity index (χ0) is 17.0. The van der Waals surface area contributed by atoms with Gasteiger partial charge in [0.15, 0.2) is 0 Å². The van der Waals surface area contributed by atoms with Crippen molar-refractivity contribution < 1.29 is 14.3 Å². The first-order valence-electron chi connectivity index (χ1n) is 7.14. The molecule has 0 fully saturated rings. The van der Waals surface area contributed by atoms with Crippen LogP contribution in [0.15, 0.2) is 36.4 Å². The van der Waals surface area contributed by atoms with E-state index in [-0.39, 0.29) is 22.9 Å². The average Bonchev–Trinajstić information content (AvgIpc) is 2.52. The molecular formula is C18H18ClNO3. The zero-order valence-corrected chi connectivity index (χ0v) is 14.0. The van der Waals surface area contributed by atoms with Crippen molar-refractivity contribution >= 4 is 29.2 Å². The molecule has 0 atom stereocenters. The van der Waals surface area contributed by atoms with Gasteiger partial charge in [-0.2, -0.15) is 0 Å². The molecule has 0 aliphatic rings. The van der Waals surface area contributed by atoms with Crippen molar-refractivity contribution in [2.75, 3.05) is 12.4 Å². The van der Waals surface area contributed by atoms with Crippen molar-refractivity contribution in [1.29, 1.82) is 0 Å². The van der Waals surface area contributed by atoms with Crippen molar-refractivity contribution in [1.82, 2.24) is 0 Å². The van der Waals surface area contributed by atoms with E-state index in [1.54, 1.807) is 12.1 Å². The third kappa shape index (κ3) is 4.33. The van der Waals surface area contributed by atoms with Crippen LogP contribution < -0.4 is 5.32 Å². The summed E-state index contributed by atoms with van der Waals surface area (Å²) in [7, 11) is 1.28. The van der Waals surface area contributed by atoms with Gasteiger partial charge in [0.25, 0.3) is 0 Å². The van der Waals surface area contributed by atoms with E-state index in [2.05, 4.69) is 10.1 Å². The van der Waals surface area contributed by atoms with E-state index in [9.17, 15) is 9.59 Å². The Morgan fingerprint density at radius 3 is 2.48 bits per heavy atom. The molecule has 1 amide bonds. The molecular weight excluding hydrogens is 314 g/mol. The Morgan fingerprint density at radius 1 is 1.09 bits per heavy atom. The Labute approximate surface area is 140 Å². The van der Waals surface area contributed by atoms with Gasteiger partial charge in [0.2, 0.25) is 5.91 Å². The van der Waals surface area contributed by atoms with Gasteiger partial charge < -0.3 is 10.1 Å². The molecule has 0 saturated carbocycles. The molecule has 0 aromatic heterocycles. The molecule has 2 rings (SSSR count). The van der Waals surface area contributed by atoms with Crippen molar-refractivity contribution in [2.24, 2.45) is 0 Å². The SMILES string of the molecule is COC(=O)c1cc(NC(=O)Cc2ccc(C)c(C)c2)ccc1Cl. The highest BCUT2D eigenvalue weighted by Gasteiger charge is 2.13. The molecule has 0 aliphatic carbocycles. The fourth-order valence-corrected chi connectivity index (χ4v) is 2.37. The lowest BCUT2D eigenvalue weighted by Gasteiger charge is -2.09. The number of amides is 1. The predicted octanol–water partition coefficient (Wildman–Crippen LogP) is 3.92. The van der Waals surface area contributed by atoms with Crippen molar-refractivity contribution in [3.63, 3.8) is 0 Å². The van der Waals surface area contributed by atoms with Crippen LogP contribution in [0.5, 0.6) is 0 Å². The Morgan fingerprint density at radius 2 is 1.83 bits per heavy atom. The van der Waals surface area contributed by atoms with Gasteiger partial charge in [-0.25, -0.2) is 4.79 Å². The van der Waals surface area contributed by atoms with Crippen LogP contribution in [0.25, 0.3) is 0 Å². The summed E-state index contributed by atoms with van der Waals surface area (Å²) in [5.74, 6) is -0.702. The second-order valence-corrected chi connectivity index (χ2v) is 5.74. The number of halogens is 1. The molecule has 0 unspecified atom stereocenters. The predicted molar refractivity (Wildman–Crippen MR) is 91.0 cm³/mol. The maximum Gasteiger partial charge on any atom is 0.339 e. The number of hydrogen-bond acceptors (Lipinski definition) is 3. The summed E-state index contributed by atoms with van der Waals surface area (Å²) in [6, 6.07) is 10.6. The molecule has 0 heterocycles. The summed E-state index contributed by atoms with van der Waals surface area (Å²) in [5, 5.41) is 3.05. The second-order valence-electron chi connectivity index (χ2n) is 5.33. The molecule has 1 N–H and O–H groups in total. The largest absolute Gasteiger partial charge is 0.465 e. The molecule has 4 nitrogen and oxygen atoms in total. The summed E-state index contributed by atoms with van der Waals surface area (Å²) in [5.41, 5.74) is 4.00. The number of carbonyl (C=O) groups excluding carboxylic acids is 2. The van der Waals surface area contributed by atoms with Gasteiger partial charge >= 0.3 is 5.97 Å². The van der Waals surface area contributed by atoms with E-state index in [1.165, 1.54) is 18.7 Å². The van der Waals surface area contributed by atoms with Crippen LogP contribution in [0.3, 0.4) is 0 Å². The Hall–Kier alpha value is -2.33. The summed E-state index contributed by atoms with van der Waals surface area (Å²) in [6.07, 6.45) is 0.261. The maximum atomic E-state index is 12.2. The number of ether oxygens (including phenoxy) is 1. The minimum absolute atomic E-state index is 0.161. The lowest BCUT2D eigenvalue weighted by molar-refractivity contribution is -0.115. The van der Waals surface area contributed by atoms with E-state index in [0.29, 0.717) is 5.69 Å². The molecule has 23 heavy (non-hydrogen) atoms. The van der Waals surface area contributed by atoms with Crippen LogP contribution in [-0.2, 0) is 16.0 Å². The number of anilines is 1. The second kappa shape index (κ2) is 7.29. The minimum Gasteiger partial charge on any atom is -0.465 e. The highest BCUT2D eigenvalue weighted by Crippen LogP contribution is 2.21. The van der Waals surface area contributed by atoms with Gasteiger partial charge in [-0.3, -0.25) is 4.79 Å². The first kappa shape index (κ1) is 17.0. The number of nitrogens with one attached hydrogen (secondary N) is 1. The van der Waals surface area contributed by atoms with Gasteiger partial charge in [0.05, 0.1) is 24.1 Å². The Kier molecular flexibility index (Phi) is 5.40. The first-order chi connectivity index (χ1) is 10.9. The fourth-order valence-electron chi connectivity index (χ4n) is 2.17. The summed E-state index contributed by atoms with van der Waals surface area (Å²) in [6.45, 7) is 4.04. The number of rotatable bonds is 4. The monoisotopic (exact) mass is 331 g/mol. The summed E-state index contributed by atoms with van der Waals surface area (Å²) >= 11 is 5.95. The van der Waals surface area contributed by atoms with E-state index in [0.717, 1.165) is 11.1 Å². The fraction of sp³-hybridized carbons (Fsp3) is 0.222. The van der Waals surface area contributed by atoms with E-state index < -0.39 is 5.97 Å². The van der Waals surface area contributed by atoms with Crippen molar-refractivity contribution in [3.05, 3.63) is 63.7 Å². The summed E-state index contributed by atoms with van der Waals surface area (Å²) in [4.78, 5) is 23.8. The van der Waals surface area contributed by atoms with Crippen molar-refractivity contribution in [3.8, 4) is 0 Å². The molecule has 0 bridgehead atoms. The zero-order valence-electron chi connectivity index (χ0n) is 13.3. The van der Waals surface area contributed by atoms with E-state index >= 15 is 0 Å². The quantitative estimate of drug-likeness (QED) is 0.864. The number of aryl methyl sites for hydroxylation is 2. The minimum atomic E-state index is -0.541. The van der Waals surface area contributed by atoms with Crippen LogP contribution in [-0.4, -0.2) is 19.0 Å². The molecule has 0 saturated heterocycles. The molecule has 2 aromatic carbocycles. The Balaban J connectivity index is 2.11. The summed E-state index contributed by atoms with van der Waals surface area (Å²) < 4.78 is 4.66. The maximum absolute atomic E-state index is 12.2. The molecule has 0 spiro atoms. The third-order valence-electron chi connectivity index (χ3n) is 3.59. The van der Waals surface area contributed by atoms with Crippen molar-refractivity contribution in [2.45, 2.75) is 20.3 Å². The molecule has 120 valence electrons. The highest BCUT2D eigenvalue weighted by atomic mass is 35.5. The van der Waals surface area contributed by atoms with Gasteiger partial charge in [-0.1, -0.05) is 29.8 Å². The Bertz CT molecular complexity index is 756. The van der Waals surface area contributed by atoms with Crippen LogP contribution in [0.4, 0.5) is 5.69 Å². The number of benzene rings is 2. The molecule has 5 heteroatoms. The molecule has 0 aliphatic heterocycles. The standard InChI is InChI=1S/C18H18ClNO3/c1-11-4-5-13(8-12(11)2)9-17(21)20-14-6-7-16(19)15(10-14)18(22)23-3/h4-8,10H,9H2,1-3H3,(H,20,21). The van der Waals surface area contributed by atoms with Crippen LogP contribution in [0, 0.1) is 13.8 Å².